The fourth-order valence-corrected chi connectivity index (χ4v) is 2.68. The Morgan fingerprint density at radius 1 is 1.05 bits per heavy atom. The van der Waals surface area contributed by atoms with Crippen molar-refractivity contribution in [2.45, 2.75) is 0 Å². The summed E-state index contributed by atoms with van der Waals surface area (Å²) < 4.78 is 8.98. The maximum absolute atomic E-state index is 11.2. The van der Waals surface area contributed by atoms with Crippen molar-refractivity contribution >= 4 is 16.9 Å². The van der Waals surface area contributed by atoms with Crippen LogP contribution in [0.3, 0.4) is 0 Å². The molecule has 0 aliphatic rings. The fourth-order valence-electron chi connectivity index (χ4n) is 2.68. The van der Waals surface area contributed by atoms with E-state index in [9.17, 15) is 4.79 Å². The van der Waals surface area contributed by atoms with Crippen LogP contribution in [0.15, 0.2) is 36.4 Å². The molecule has 0 fully saturated rings. The third kappa shape index (κ3) is 1.98. The van der Waals surface area contributed by atoms with Gasteiger partial charge in [0.05, 0.1) is 18.5 Å². The smallest absolute Gasteiger partial charge is 0.352 e. The predicted octanol–water partition coefficient (Wildman–Crippen LogP) is 2.89. The Labute approximate surface area is 122 Å². The van der Waals surface area contributed by atoms with Crippen molar-refractivity contribution in [2.24, 2.45) is 14.1 Å². The molecule has 0 saturated carbocycles. The summed E-state index contributed by atoms with van der Waals surface area (Å²) in [7, 11) is 5.37. The minimum Gasteiger partial charge on any atom is -0.497 e. The maximum atomic E-state index is 11.2. The average Bonchev–Trinajstić information content (AvgIpc) is 2.99. The van der Waals surface area contributed by atoms with Crippen LogP contribution in [0.2, 0.25) is 0 Å². The SMILES string of the molecule is COc1ccc2c(c1)cc(-c1ccc(C(=O)O)n1C)n2C. The zero-order valence-corrected chi connectivity index (χ0v) is 12.1. The molecule has 5 heteroatoms. The number of aryl methyl sites for hydroxylation is 1. The summed E-state index contributed by atoms with van der Waals surface area (Å²) in [5, 5.41) is 10.2. The number of nitrogens with zero attached hydrogens (tertiary/aromatic N) is 2. The number of benzene rings is 1. The van der Waals surface area contributed by atoms with E-state index in [0.717, 1.165) is 28.0 Å². The third-order valence-corrected chi connectivity index (χ3v) is 3.85. The fraction of sp³-hybridized carbons (Fsp3) is 0.188. The van der Waals surface area contributed by atoms with Crippen LogP contribution in [0.1, 0.15) is 10.5 Å². The average molecular weight is 284 g/mol. The molecule has 5 nitrogen and oxygen atoms in total. The number of ether oxygens (including phenoxy) is 1. The van der Waals surface area contributed by atoms with Gasteiger partial charge in [-0.15, -0.1) is 0 Å². The number of methoxy groups -OCH3 is 1. The van der Waals surface area contributed by atoms with Gasteiger partial charge in [-0.25, -0.2) is 4.79 Å². The maximum Gasteiger partial charge on any atom is 0.352 e. The molecule has 21 heavy (non-hydrogen) atoms. The monoisotopic (exact) mass is 284 g/mol. The highest BCUT2D eigenvalue weighted by Crippen LogP contribution is 2.30. The minimum atomic E-state index is -0.927. The molecular weight excluding hydrogens is 268 g/mol. The van der Waals surface area contributed by atoms with Crippen LogP contribution in [0, 0.1) is 0 Å². The van der Waals surface area contributed by atoms with Gasteiger partial charge in [0.1, 0.15) is 11.4 Å². The molecule has 0 unspecified atom stereocenters. The number of carbonyl (C=O) groups is 1. The van der Waals surface area contributed by atoms with Crippen molar-refractivity contribution in [1.82, 2.24) is 9.13 Å². The van der Waals surface area contributed by atoms with Gasteiger partial charge in [-0.1, -0.05) is 0 Å². The normalized spacial score (nSPS) is 11.0. The molecule has 2 heterocycles. The number of aromatic carboxylic acids is 1. The Bertz CT molecular complexity index is 843. The summed E-state index contributed by atoms with van der Waals surface area (Å²) in [6.07, 6.45) is 0. The van der Waals surface area contributed by atoms with Crippen LogP contribution in [0.4, 0.5) is 0 Å². The van der Waals surface area contributed by atoms with Crippen LogP contribution >= 0.6 is 0 Å². The van der Waals surface area contributed by atoms with Gasteiger partial charge in [0.15, 0.2) is 0 Å². The topological polar surface area (TPSA) is 56.4 Å². The van der Waals surface area contributed by atoms with Crippen LogP contribution in [0.5, 0.6) is 5.75 Å². The molecule has 2 aromatic heterocycles. The predicted molar refractivity (Wildman–Crippen MR) is 80.8 cm³/mol. The van der Waals surface area contributed by atoms with Gasteiger partial charge >= 0.3 is 5.97 Å². The molecule has 3 aromatic rings. The van der Waals surface area contributed by atoms with E-state index in [0.29, 0.717) is 0 Å². The lowest BCUT2D eigenvalue weighted by Gasteiger charge is -2.07. The Balaban J connectivity index is 2.21. The van der Waals surface area contributed by atoms with E-state index in [1.165, 1.54) is 0 Å². The number of fused-ring (bicyclic) bond motifs is 1. The summed E-state index contributed by atoms with van der Waals surface area (Å²) in [6, 6.07) is 11.4. The number of aromatic nitrogens is 2. The van der Waals surface area contributed by atoms with Gasteiger partial charge < -0.3 is 19.0 Å². The molecule has 0 amide bonds. The van der Waals surface area contributed by atoms with Crippen LogP contribution < -0.4 is 4.74 Å². The zero-order chi connectivity index (χ0) is 15.1. The lowest BCUT2D eigenvalue weighted by Crippen LogP contribution is -2.06. The second-order valence-electron chi connectivity index (χ2n) is 4.98. The van der Waals surface area contributed by atoms with Crippen molar-refractivity contribution in [3.63, 3.8) is 0 Å². The minimum absolute atomic E-state index is 0.271. The largest absolute Gasteiger partial charge is 0.497 e. The van der Waals surface area contributed by atoms with Crippen LogP contribution in [-0.4, -0.2) is 27.3 Å². The Morgan fingerprint density at radius 2 is 1.81 bits per heavy atom. The van der Waals surface area contributed by atoms with E-state index in [1.54, 1.807) is 24.8 Å². The molecule has 0 radical (unpaired) electrons. The molecule has 108 valence electrons. The Morgan fingerprint density at radius 3 is 2.43 bits per heavy atom. The number of hydrogen-bond acceptors (Lipinski definition) is 2. The molecule has 0 spiro atoms. The number of rotatable bonds is 3. The standard InChI is InChI=1S/C16H16N2O3/c1-17-12-5-4-11(21-3)8-10(12)9-15(17)13-6-7-14(16(19)20)18(13)2/h4-9H,1-3H3,(H,19,20). The first-order valence-electron chi connectivity index (χ1n) is 6.56. The number of carboxylic acids is 1. The van der Waals surface area contributed by atoms with Crippen molar-refractivity contribution in [2.75, 3.05) is 7.11 Å². The molecule has 0 saturated heterocycles. The Hall–Kier alpha value is -2.69. The Kier molecular flexibility index (Phi) is 2.97. The first kappa shape index (κ1) is 13.3. The molecular formula is C16H16N2O3. The third-order valence-electron chi connectivity index (χ3n) is 3.85. The second kappa shape index (κ2) is 4.70. The molecule has 0 aliphatic carbocycles. The van der Waals surface area contributed by atoms with Crippen molar-refractivity contribution in [3.8, 4) is 17.1 Å². The molecule has 1 N–H and O–H groups in total. The number of carboxylic acid groups (broad SMARTS) is 1. The quantitative estimate of drug-likeness (QED) is 0.804. The van der Waals surface area contributed by atoms with Gasteiger partial charge in [0.2, 0.25) is 0 Å². The van der Waals surface area contributed by atoms with Crippen molar-refractivity contribution in [1.29, 1.82) is 0 Å². The van der Waals surface area contributed by atoms with E-state index in [2.05, 4.69) is 4.57 Å². The van der Waals surface area contributed by atoms with E-state index in [1.807, 2.05) is 37.4 Å². The van der Waals surface area contributed by atoms with E-state index in [-0.39, 0.29) is 5.69 Å². The summed E-state index contributed by atoms with van der Waals surface area (Å²) in [6.45, 7) is 0. The molecule has 3 rings (SSSR count). The van der Waals surface area contributed by atoms with Gasteiger partial charge in [0.25, 0.3) is 0 Å². The first-order chi connectivity index (χ1) is 10.0. The van der Waals surface area contributed by atoms with Gasteiger partial charge in [-0.05, 0) is 36.4 Å². The highest BCUT2D eigenvalue weighted by Gasteiger charge is 2.15. The van der Waals surface area contributed by atoms with E-state index < -0.39 is 5.97 Å². The molecule has 0 bridgehead atoms. The van der Waals surface area contributed by atoms with Crippen molar-refractivity contribution < 1.29 is 14.6 Å². The first-order valence-corrected chi connectivity index (χ1v) is 6.56. The summed E-state index contributed by atoms with van der Waals surface area (Å²) >= 11 is 0. The summed E-state index contributed by atoms with van der Waals surface area (Å²) in [5.74, 6) is -0.123. The van der Waals surface area contributed by atoms with Crippen molar-refractivity contribution in [3.05, 3.63) is 42.1 Å². The molecule has 1 aromatic carbocycles. The summed E-state index contributed by atoms with van der Waals surface area (Å²) in [5.41, 5.74) is 3.18. The zero-order valence-electron chi connectivity index (χ0n) is 12.1. The highest BCUT2D eigenvalue weighted by atomic mass is 16.5. The van der Waals surface area contributed by atoms with Gasteiger partial charge in [-0.3, -0.25) is 0 Å². The van der Waals surface area contributed by atoms with Crippen LogP contribution in [0.25, 0.3) is 22.3 Å². The second-order valence-corrected chi connectivity index (χ2v) is 4.98. The lowest BCUT2D eigenvalue weighted by atomic mass is 10.2. The lowest BCUT2D eigenvalue weighted by molar-refractivity contribution is 0.0686. The van der Waals surface area contributed by atoms with Gasteiger partial charge in [-0.2, -0.15) is 0 Å². The summed E-state index contributed by atoms with van der Waals surface area (Å²) in [4.78, 5) is 11.2. The van der Waals surface area contributed by atoms with Crippen LogP contribution in [-0.2, 0) is 14.1 Å². The molecule has 0 aliphatic heterocycles. The van der Waals surface area contributed by atoms with E-state index >= 15 is 0 Å². The number of hydrogen-bond donors (Lipinski definition) is 1. The van der Waals surface area contributed by atoms with Gasteiger partial charge in [0, 0.05) is 25.0 Å². The van der Waals surface area contributed by atoms with E-state index in [4.69, 9.17) is 9.84 Å². The highest BCUT2D eigenvalue weighted by molar-refractivity contribution is 5.90. The molecule has 0 atom stereocenters.